The number of aromatic nitrogens is 4. The molecule has 8 nitrogen and oxygen atoms in total. The highest BCUT2D eigenvalue weighted by Crippen LogP contribution is 2.20. The van der Waals surface area contributed by atoms with Gasteiger partial charge in [0.1, 0.15) is 11.0 Å². The Kier molecular flexibility index (Phi) is 5.40. The molecule has 0 aliphatic carbocycles. The topological polar surface area (TPSA) is 102 Å². The molecule has 30 heavy (non-hydrogen) atoms. The molecule has 0 aliphatic rings. The van der Waals surface area contributed by atoms with Gasteiger partial charge in [-0.05, 0) is 42.5 Å². The number of rotatable bonds is 5. The quantitative estimate of drug-likeness (QED) is 0.483. The van der Waals surface area contributed by atoms with Crippen LogP contribution in [0.15, 0.2) is 61.1 Å². The molecule has 0 unspecified atom stereocenters. The molecule has 0 radical (unpaired) electrons. The molecule has 0 spiro atoms. The number of anilines is 1. The monoisotopic (exact) mass is 420 g/mol. The second-order valence-corrected chi connectivity index (χ2v) is 6.93. The van der Waals surface area contributed by atoms with Crippen LogP contribution in [0.3, 0.4) is 0 Å². The Morgan fingerprint density at radius 2 is 1.90 bits per heavy atom. The van der Waals surface area contributed by atoms with Crippen LogP contribution in [0, 0.1) is 0 Å². The number of aryl methyl sites for hydroxylation is 1. The van der Waals surface area contributed by atoms with Crippen LogP contribution >= 0.6 is 11.6 Å². The highest BCUT2D eigenvalue weighted by atomic mass is 35.5. The maximum absolute atomic E-state index is 12.3. The Balaban J connectivity index is 1.48. The van der Waals surface area contributed by atoms with Crippen molar-refractivity contribution in [2.75, 3.05) is 5.32 Å². The molecule has 9 heteroatoms. The third-order valence-electron chi connectivity index (χ3n) is 4.55. The van der Waals surface area contributed by atoms with Crippen molar-refractivity contribution < 1.29 is 9.59 Å². The highest BCUT2D eigenvalue weighted by Gasteiger charge is 2.12. The molecule has 2 N–H and O–H groups in total. The van der Waals surface area contributed by atoms with Crippen LogP contribution in [-0.2, 0) is 13.6 Å². The van der Waals surface area contributed by atoms with Crippen LogP contribution in [0.4, 0.5) is 5.69 Å². The Hall–Kier alpha value is -3.78. The van der Waals surface area contributed by atoms with E-state index in [1.807, 2.05) is 17.7 Å². The van der Waals surface area contributed by atoms with E-state index in [9.17, 15) is 9.59 Å². The number of imidazole rings is 1. The number of hydrogen-bond donors (Lipinski definition) is 2. The minimum absolute atomic E-state index is 0.240. The molecule has 1 aromatic carbocycles. The van der Waals surface area contributed by atoms with E-state index in [2.05, 4.69) is 25.6 Å². The molecule has 0 saturated heterocycles. The molecule has 4 rings (SSSR count). The summed E-state index contributed by atoms with van der Waals surface area (Å²) in [4.78, 5) is 37.0. The first-order chi connectivity index (χ1) is 14.5. The number of amides is 2. The summed E-state index contributed by atoms with van der Waals surface area (Å²) in [6, 6.07) is 12.0. The Labute approximate surface area is 176 Å². The van der Waals surface area contributed by atoms with Gasteiger partial charge in [-0.3, -0.25) is 14.6 Å². The van der Waals surface area contributed by atoms with Crippen LogP contribution in [0.5, 0.6) is 0 Å². The fourth-order valence-corrected chi connectivity index (χ4v) is 3.07. The molecule has 150 valence electrons. The zero-order valence-corrected chi connectivity index (χ0v) is 16.7. The lowest BCUT2D eigenvalue weighted by molar-refractivity contribution is 0.0948. The molecule has 0 saturated carbocycles. The maximum atomic E-state index is 12.3. The van der Waals surface area contributed by atoms with E-state index >= 15 is 0 Å². The van der Waals surface area contributed by atoms with E-state index in [1.54, 1.807) is 42.6 Å². The van der Waals surface area contributed by atoms with Gasteiger partial charge in [0, 0.05) is 31.3 Å². The number of carbonyl (C=O) groups is 2. The van der Waals surface area contributed by atoms with Crippen molar-refractivity contribution in [3.63, 3.8) is 0 Å². The molecular formula is C21H17ClN6O2. The van der Waals surface area contributed by atoms with Crippen LogP contribution in [0.1, 0.15) is 26.5 Å². The molecule has 0 atom stereocenters. The summed E-state index contributed by atoms with van der Waals surface area (Å²) >= 11 is 5.75. The van der Waals surface area contributed by atoms with Gasteiger partial charge < -0.3 is 15.2 Å². The molecule has 3 heterocycles. The van der Waals surface area contributed by atoms with E-state index in [-0.39, 0.29) is 18.4 Å². The maximum Gasteiger partial charge on any atom is 0.257 e. The fraction of sp³-hybridized carbons (Fsp3) is 0.0952. The predicted molar refractivity (Wildman–Crippen MR) is 113 cm³/mol. The summed E-state index contributed by atoms with van der Waals surface area (Å²) in [5.41, 5.74) is 3.10. The van der Waals surface area contributed by atoms with Gasteiger partial charge in [0.2, 0.25) is 0 Å². The molecule has 3 aromatic heterocycles. The molecule has 2 amide bonds. The predicted octanol–water partition coefficient (Wildman–Crippen LogP) is 3.20. The zero-order chi connectivity index (χ0) is 21.1. The summed E-state index contributed by atoms with van der Waals surface area (Å²) in [6.45, 7) is 0.240. The number of nitrogens with one attached hydrogen (secondary N) is 2. The SMILES string of the molecule is Cn1c(CNC(=O)c2ccc(Cl)nc2)nc2cc(NC(=O)c3cccnc3)ccc21. The van der Waals surface area contributed by atoms with Crippen molar-refractivity contribution in [2.24, 2.45) is 7.05 Å². The standard InChI is InChI=1S/C21H17ClN6O2/c1-28-17-6-5-15(26-21(30)13-3-2-8-23-10-13)9-16(17)27-19(28)12-25-20(29)14-4-7-18(22)24-11-14/h2-11H,12H2,1H3,(H,25,29)(H,26,30). The third-order valence-corrected chi connectivity index (χ3v) is 4.78. The molecule has 0 bridgehead atoms. The molecule has 4 aromatic rings. The van der Waals surface area contributed by atoms with Gasteiger partial charge in [0.05, 0.1) is 28.7 Å². The largest absolute Gasteiger partial charge is 0.345 e. The first-order valence-corrected chi connectivity index (χ1v) is 9.45. The van der Waals surface area contributed by atoms with E-state index < -0.39 is 0 Å². The number of nitrogens with zero attached hydrogens (tertiary/aromatic N) is 4. The van der Waals surface area contributed by atoms with Gasteiger partial charge in [0.15, 0.2) is 0 Å². The van der Waals surface area contributed by atoms with Gasteiger partial charge in [-0.1, -0.05) is 11.6 Å². The Bertz CT molecular complexity index is 1220. The van der Waals surface area contributed by atoms with E-state index in [0.717, 1.165) is 5.52 Å². The summed E-state index contributed by atoms with van der Waals surface area (Å²) in [5.74, 6) is 0.161. The Morgan fingerprint density at radius 3 is 2.63 bits per heavy atom. The van der Waals surface area contributed by atoms with Crippen molar-refractivity contribution in [1.29, 1.82) is 0 Å². The summed E-state index contributed by atoms with van der Waals surface area (Å²) in [5, 5.41) is 5.99. The second-order valence-electron chi connectivity index (χ2n) is 6.54. The van der Waals surface area contributed by atoms with Crippen molar-refractivity contribution in [2.45, 2.75) is 6.54 Å². The average Bonchev–Trinajstić information content (AvgIpc) is 3.08. The van der Waals surface area contributed by atoms with Gasteiger partial charge in [-0.15, -0.1) is 0 Å². The van der Waals surface area contributed by atoms with Gasteiger partial charge in [-0.25, -0.2) is 9.97 Å². The molecule has 0 aliphatic heterocycles. The molecular weight excluding hydrogens is 404 g/mol. The van der Waals surface area contributed by atoms with Crippen LogP contribution in [-0.4, -0.2) is 31.3 Å². The van der Waals surface area contributed by atoms with Crippen molar-refractivity contribution in [1.82, 2.24) is 24.8 Å². The zero-order valence-electron chi connectivity index (χ0n) is 16.0. The van der Waals surface area contributed by atoms with E-state index in [0.29, 0.717) is 33.3 Å². The minimum Gasteiger partial charge on any atom is -0.345 e. The van der Waals surface area contributed by atoms with E-state index in [1.165, 1.54) is 12.4 Å². The van der Waals surface area contributed by atoms with Crippen LogP contribution < -0.4 is 10.6 Å². The highest BCUT2D eigenvalue weighted by molar-refractivity contribution is 6.29. The van der Waals surface area contributed by atoms with Crippen molar-refractivity contribution in [3.05, 3.63) is 83.2 Å². The normalized spacial score (nSPS) is 10.7. The number of pyridine rings is 2. The second kappa shape index (κ2) is 8.30. The number of fused-ring (bicyclic) bond motifs is 1. The lowest BCUT2D eigenvalue weighted by Gasteiger charge is -2.06. The van der Waals surface area contributed by atoms with Crippen LogP contribution in [0.25, 0.3) is 11.0 Å². The average molecular weight is 421 g/mol. The number of carbonyl (C=O) groups excluding carboxylic acids is 2. The smallest absolute Gasteiger partial charge is 0.257 e. The summed E-state index contributed by atoms with van der Waals surface area (Å²) < 4.78 is 1.89. The number of halogens is 1. The van der Waals surface area contributed by atoms with Crippen molar-refractivity contribution >= 4 is 40.1 Å². The fourth-order valence-electron chi connectivity index (χ4n) is 2.96. The lowest BCUT2D eigenvalue weighted by Crippen LogP contribution is -2.24. The summed E-state index contributed by atoms with van der Waals surface area (Å²) in [6.07, 6.45) is 4.54. The molecule has 0 fully saturated rings. The van der Waals surface area contributed by atoms with Gasteiger partial charge in [-0.2, -0.15) is 0 Å². The minimum atomic E-state index is -0.268. The van der Waals surface area contributed by atoms with E-state index in [4.69, 9.17) is 11.6 Å². The van der Waals surface area contributed by atoms with Gasteiger partial charge in [0.25, 0.3) is 11.8 Å². The van der Waals surface area contributed by atoms with Gasteiger partial charge >= 0.3 is 0 Å². The summed E-state index contributed by atoms with van der Waals surface area (Å²) in [7, 11) is 1.87. The lowest BCUT2D eigenvalue weighted by atomic mass is 10.2. The third kappa shape index (κ3) is 4.13. The number of hydrogen-bond acceptors (Lipinski definition) is 5. The first-order valence-electron chi connectivity index (χ1n) is 9.08. The number of benzene rings is 1. The first kappa shape index (κ1) is 19.5. The van der Waals surface area contributed by atoms with Crippen LogP contribution in [0.2, 0.25) is 5.15 Å². The van der Waals surface area contributed by atoms with Crippen molar-refractivity contribution in [3.8, 4) is 0 Å². The Morgan fingerprint density at radius 1 is 1.07 bits per heavy atom.